The van der Waals surface area contributed by atoms with E-state index < -0.39 is 0 Å². The molecule has 0 bridgehead atoms. The minimum absolute atomic E-state index is 0.0672. The van der Waals surface area contributed by atoms with E-state index in [1.807, 2.05) is 6.08 Å². The van der Waals surface area contributed by atoms with Crippen LogP contribution in [0.4, 0.5) is 4.39 Å². The van der Waals surface area contributed by atoms with Gasteiger partial charge in [0.2, 0.25) is 0 Å². The monoisotopic (exact) mass is 204 g/mol. The summed E-state index contributed by atoms with van der Waals surface area (Å²) in [7, 11) is 0. The number of rotatable bonds is 3. The van der Waals surface area contributed by atoms with Gasteiger partial charge in [-0.15, -0.1) is 0 Å². The highest BCUT2D eigenvalue weighted by Gasteiger charge is 2.14. The van der Waals surface area contributed by atoms with Gasteiger partial charge in [-0.2, -0.15) is 0 Å². The van der Waals surface area contributed by atoms with Gasteiger partial charge in [-0.1, -0.05) is 24.3 Å². The number of Topliss-reactive ketones (excluding diaryl/α,β-unsaturated/α-hetero) is 1. The van der Waals surface area contributed by atoms with E-state index in [0.717, 1.165) is 24.8 Å². The second kappa shape index (κ2) is 4.39. The van der Waals surface area contributed by atoms with Gasteiger partial charge < -0.3 is 0 Å². The van der Waals surface area contributed by atoms with Crippen LogP contribution in [0.2, 0.25) is 0 Å². The Balaban J connectivity index is 2.09. The highest BCUT2D eigenvalue weighted by Crippen LogP contribution is 2.20. The minimum Gasteiger partial charge on any atom is -0.294 e. The Morgan fingerprint density at radius 1 is 1.33 bits per heavy atom. The lowest BCUT2D eigenvalue weighted by Gasteiger charge is -2.02. The molecule has 0 aliphatic heterocycles. The predicted molar refractivity (Wildman–Crippen MR) is 57.0 cm³/mol. The van der Waals surface area contributed by atoms with Crippen molar-refractivity contribution >= 4 is 5.78 Å². The largest absolute Gasteiger partial charge is 0.294 e. The lowest BCUT2D eigenvalue weighted by atomic mass is 10.0. The molecule has 0 fully saturated rings. The Morgan fingerprint density at radius 3 is 2.80 bits per heavy atom. The van der Waals surface area contributed by atoms with Crippen molar-refractivity contribution in [3.63, 3.8) is 0 Å². The molecule has 0 radical (unpaired) electrons. The summed E-state index contributed by atoms with van der Waals surface area (Å²) in [5, 5.41) is 0. The molecule has 0 unspecified atom stereocenters. The smallest absolute Gasteiger partial charge is 0.163 e. The number of hydrogen-bond acceptors (Lipinski definition) is 1. The van der Waals surface area contributed by atoms with Gasteiger partial charge in [-0.3, -0.25) is 4.79 Å². The Morgan fingerprint density at radius 2 is 2.13 bits per heavy atom. The Hall–Kier alpha value is -1.44. The van der Waals surface area contributed by atoms with Crippen molar-refractivity contribution < 1.29 is 9.18 Å². The molecule has 1 aliphatic carbocycles. The van der Waals surface area contributed by atoms with Crippen LogP contribution in [0, 0.1) is 5.82 Å². The van der Waals surface area contributed by atoms with Crippen LogP contribution in [0.15, 0.2) is 35.9 Å². The van der Waals surface area contributed by atoms with Crippen LogP contribution in [-0.2, 0) is 11.2 Å². The number of carbonyl (C=O) groups is 1. The van der Waals surface area contributed by atoms with E-state index in [1.54, 1.807) is 18.2 Å². The van der Waals surface area contributed by atoms with Crippen molar-refractivity contribution in [3.8, 4) is 0 Å². The van der Waals surface area contributed by atoms with Crippen LogP contribution in [0.3, 0.4) is 0 Å². The van der Waals surface area contributed by atoms with Gasteiger partial charge in [0.25, 0.3) is 0 Å². The molecule has 2 heteroatoms. The first-order valence-corrected chi connectivity index (χ1v) is 5.23. The number of allylic oxidation sites excluding steroid dienone is 2. The normalized spacial score (nSPS) is 15.1. The molecule has 1 nitrogen and oxygen atoms in total. The number of hydrogen-bond donors (Lipinski definition) is 0. The zero-order valence-corrected chi connectivity index (χ0v) is 8.50. The van der Waals surface area contributed by atoms with E-state index >= 15 is 0 Å². The third kappa shape index (κ3) is 2.32. The van der Waals surface area contributed by atoms with Gasteiger partial charge in [0, 0.05) is 6.42 Å². The molecular weight excluding hydrogens is 191 g/mol. The van der Waals surface area contributed by atoms with E-state index in [2.05, 4.69) is 0 Å². The number of ketones is 1. The van der Waals surface area contributed by atoms with Gasteiger partial charge >= 0.3 is 0 Å². The van der Waals surface area contributed by atoms with Crippen LogP contribution in [0.5, 0.6) is 0 Å². The summed E-state index contributed by atoms with van der Waals surface area (Å²) >= 11 is 0. The molecule has 0 N–H and O–H groups in total. The first kappa shape index (κ1) is 10.1. The van der Waals surface area contributed by atoms with E-state index in [1.165, 1.54) is 6.07 Å². The molecule has 1 aliphatic rings. The molecule has 15 heavy (non-hydrogen) atoms. The molecule has 2 rings (SSSR count). The van der Waals surface area contributed by atoms with Gasteiger partial charge in [0.05, 0.1) is 0 Å². The molecular formula is C13H13FO. The summed E-state index contributed by atoms with van der Waals surface area (Å²) in [5.41, 5.74) is 1.37. The van der Waals surface area contributed by atoms with Crippen molar-refractivity contribution in [2.24, 2.45) is 0 Å². The lowest BCUT2D eigenvalue weighted by molar-refractivity contribution is -0.115. The molecule has 0 heterocycles. The Bertz CT molecular complexity index is 407. The molecule has 0 aromatic heterocycles. The second-order valence-corrected chi connectivity index (χ2v) is 3.81. The standard InChI is InChI=1S/C13H13FO/c14-12-8-4-3-7-11(12)9-13(15)10-5-1-2-6-10/h3-5,7-8H,1-2,6,9H2. The molecule has 0 amide bonds. The van der Waals surface area contributed by atoms with Crippen molar-refractivity contribution in [1.29, 1.82) is 0 Å². The average molecular weight is 204 g/mol. The SMILES string of the molecule is O=C(Cc1ccccc1F)C1=CCCC1. The zero-order valence-electron chi connectivity index (χ0n) is 8.50. The molecule has 0 saturated heterocycles. The highest BCUT2D eigenvalue weighted by molar-refractivity contribution is 5.97. The van der Waals surface area contributed by atoms with Gasteiger partial charge in [-0.05, 0) is 36.5 Å². The minimum atomic E-state index is -0.288. The van der Waals surface area contributed by atoms with E-state index in [4.69, 9.17) is 0 Å². The highest BCUT2D eigenvalue weighted by atomic mass is 19.1. The zero-order chi connectivity index (χ0) is 10.7. The predicted octanol–water partition coefficient (Wildman–Crippen LogP) is 3.05. The first-order chi connectivity index (χ1) is 7.27. The van der Waals surface area contributed by atoms with Crippen molar-refractivity contribution in [2.45, 2.75) is 25.7 Å². The molecule has 78 valence electrons. The third-order valence-electron chi connectivity index (χ3n) is 2.71. The van der Waals surface area contributed by atoms with Crippen molar-refractivity contribution in [1.82, 2.24) is 0 Å². The van der Waals surface area contributed by atoms with E-state index in [9.17, 15) is 9.18 Å². The van der Waals surface area contributed by atoms with Crippen LogP contribution in [0.1, 0.15) is 24.8 Å². The van der Waals surface area contributed by atoms with Crippen molar-refractivity contribution in [3.05, 3.63) is 47.3 Å². The quantitative estimate of drug-likeness (QED) is 0.739. The van der Waals surface area contributed by atoms with Gasteiger partial charge in [0.1, 0.15) is 5.82 Å². The molecule has 1 aromatic carbocycles. The number of benzene rings is 1. The van der Waals surface area contributed by atoms with E-state index in [0.29, 0.717) is 5.56 Å². The Kier molecular flexibility index (Phi) is 2.95. The van der Waals surface area contributed by atoms with Crippen LogP contribution in [0.25, 0.3) is 0 Å². The van der Waals surface area contributed by atoms with E-state index in [-0.39, 0.29) is 18.0 Å². The molecule has 0 saturated carbocycles. The summed E-state index contributed by atoms with van der Waals surface area (Å²) in [6, 6.07) is 6.46. The third-order valence-corrected chi connectivity index (χ3v) is 2.71. The molecule has 1 aromatic rings. The van der Waals surface area contributed by atoms with Crippen molar-refractivity contribution in [2.75, 3.05) is 0 Å². The number of carbonyl (C=O) groups excluding carboxylic acids is 1. The van der Waals surface area contributed by atoms with Gasteiger partial charge in [0.15, 0.2) is 5.78 Å². The summed E-state index contributed by atoms with van der Waals surface area (Å²) in [6.45, 7) is 0. The fourth-order valence-electron chi connectivity index (χ4n) is 1.85. The fraction of sp³-hybridized carbons (Fsp3) is 0.308. The maximum absolute atomic E-state index is 13.3. The topological polar surface area (TPSA) is 17.1 Å². The summed E-state index contributed by atoms with van der Waals surface area (Å²) in [5.74, 6) is -0.220. The number of halogens is 1. The maximum Gasteiger partial charge on any atom is 0.163 e. The first-order valence-electron chi connectivity index (χ1n) is 5.23. The maximum atomic E-state index is 13.3. The lowest BCUT2D eigenvalue weighted by Crippen LogP contribution is -2.06. The Labute approximate surface area is 88.6 Å². The second-order valence-electron chi connectivity index (χ2n) is 3.81. The summed E-state index contributed by atoms with van der Waals surface area (Å²) in [4.78, 5) is 11.7. The molecule has 0 atom stereocenters. The summed E-state index contributed by atoms with van der Waals surface area (Å²) < 4.78 is 13.3. The van der Waals surface area contributed by atoms with Gasteiger partial charge in [-0.25, -0.2) is 4.39 Å². The van der Waals surface area contributed by atoms with Crippen LogP contribution in [-0.4, -0.2) is 5.78 Å². The average Bonchev–Trinajstić information content (AvgIpc) is 2.74. The fourth-order valence-corrected chi connectivity index (χ4v) is 1.85. The van der Waals surface area contributed by atoms with Crippen LogP contribution < -0.4 is 0 Å². The summed E-state index contributed by atoms with van der Waals surface area (Å²) in [6.07, 6.45) is 5.06. The van der Waals surface area contributed by atoms with Crippen LogP contribution >= 0.6 is 0 Å². The molecule has 0 spiro atoms.